The summed E-state index contributed by atoms with van der Waals surface area (Å²) in [5, 5.41) is 2.88. The number of urea groups is 1. The molecule has 1 saturated heterocycles. The first kappa shape index (κ1) is 16.8. The molecule has 2 N–H and O–H groups in total. The van der Waals surface area contributed by atoms with E-state index in [1.807, 2.05) is 4.90 Å². The first-order valence-electron chi connectivity index (χ1n) is 7.47. The van der Waals surface area contributed by atoms with Crippen LogP contribution in [-0.2, 0) is 16.6 Å². The van der Waals surface area contributed by atoms with Crippen LogP contribution in [0.3, 0.4) is 0 Å². The van der Waals surface area contributed by atoms with Crippen molar-refractivity contribution in [2.24, 2.45) is 5.92 Å². The zero-order chi connectivity index (χ0) is 16.2. The van der Waals surface area contributed by atoms with Gasteiger partial charge in [0.25, 0.3) is 0 Å². The van der Waals surface area contributed by atoms with E-state index >= 15 is 0 Å². The lowest BCUT2D eigenvalue weighted by atomic mass is 10.00. The number of carbonyl (C=O) groups excluding carboxylic acids is 1. The molecular formula is C15H23N3O3S. The van der Waals surface area contributed by atoms with Crippen LogP contribution in [0.25, 0.3) is 0 Å². The van der Waals surface area contributed by atoms with E-state index in [0.717, 1.165) is 31.5 Å². The van der Waals surface area contributed by atoms with Gasteiger partial charge in [0.1, 0.15) is 0 Å². The highest BCUT2D eigenvalue weighted by Crippen LogP contribution is 2.16. The molecule has 1 aliphatic rings. The Morgan fingerprint density at radius 3 is 2.36 bits per heavy atom. The van der Waals surface area contributed by atoms with Crippen LogP contribution in [0, 0.1) is 5.92 Å². The minimum Gasteiger partial charge on any atom is -0.334 e. The van der Waals surface area contributed by atoms with E-state index in [1.54, 1.807) is 12.1 Å². The zero-order valence-corrected chi connectivity index (χ0v) is 13.8. The van der Waals surface area contributed by atoms with Crippen molar-refractivity contribution in [1.29, 1.82) is 0 Å². The normalized spacial score (nSPS) is 16.5. The van der Waals surface area contributed by atoms with Gasteiger partial charge in [-0.3, -0.25) is 0 Å². The molecule has 0 aliphatic carbocycles. The predicted octanol–water partition coefficient (Wildman–Crippen LogP) is 1.54. The van der Waals surface area contributed by atoms with Crippen LogP contribution in [0.4, 0.5) is 4.79 Å². The molecule has 6 nitrogen and oxygen atoms in total. The van der Waals surface area contributed by atoms with Crippen LogP contribution < -0.4 is 10.0 Å². The fourth-order valence-corrected chi connectivity index (χ4v) is 3.14. The number of nitrogens with one attached hydrogen (secondary N) is 2. The van der Waals surface area contributed by atoms with Gasteiger partial charge in [0, 0.05) is 19.6 Å². The highest BCUT2D eigenvalue weighted by atomic mass is 32.2. The molecule has 122 valence electrons. The molecule has 0 bridgehead atoms. The van der Waals surface area contributed by atoms with E-state index in [0.29, 0.717) is 12.5 Å². The van der Waals surface area contributed by atoms with Crippen molar-refractivity contribution in [3.8, 4) is 0 Å². The number of nitrogens with zero attached hydrogens (tertiary/aromatic N) is 1. The summed E-state index contributed by atoms with van der Waals surface area (Å²) in [6, 6.07) is 6.44. The molecule has 1 heterocycles. The van der Waals surface area contributed by atoms with E-state index in [4.69, 9.17) is 0 Å². The molecule has 1 aliphatic heterocycles. The van der Waals surface area contributed by atoms with Crippen LogP contribution in [0.1, 0.15) is 25.3 Å². The van der Waals surface area contributed by atoms with Crippen LogP contribution >= 0.6 is 0 Å². The molecule has 0 aromatic heterocycles. The average molecular weight is 325 g/mol. The molecule has 7 heteroatoms. The Kier molecular flexibility index (Phi) is 5.42. The van der Waals surface area contributed by atoms with E-state index in [9.17, 15) is 13.2 Å². The number of hydrogen-bond donors (Lipinski definition) is 2. The maximum atomic E-state index is 12.1. The Labute approximate surface area is 131 Å². The van der Waals surface area contributed by atoms with Crippen LogP contribution in [-0.4, -0.2) is 39.5 Å². The molecular weight excluding hydrogens is 302 g/mol. The van der Waals surface area contributed by atoms with Gasteiger partial charge in [-0.1, -0.05) is 19.1 Å². The summed E-state index contributed by atoms with van der Waals surface area (Å²) < 4.78 is 25.5. The summed E-state index contributed by atoms with van der Waals surface area (Å²) in [5.41, 5.74) is 0.869. The van der Waals surface area contributed by atoms with Gasteiger partial charge in [0.2, 0.25) is 10.0 Å². The van der Waals surface area contributed by atoms with Crippen molar-refractivity contribution in [3.63, 3.8) is 0 Å². The number of carbonyl (C=O) groups is 1. The zero-order valence-electron chi connectivity index (χ0n) is 13.0. The first-order valence-corrected chi connectivity index (χ1v) is 8.96. The maximum absolute atomic E-state index is 12.1. The number of piperidine rings is 1. The topological polar surface area (TPSA) is 78.5 Å². The van der Waals surface area contributed by atoms with Crippen molar-refractivity contribution < 1.29 is 13.2 Å². The highest BCUT2D eigenvalue weighted by Gasteiger charge is 2.19. The van der Waals surface area contributed by atoms with Crippen molar-refractivity contribution in [3.05, 3.63) is 29.8 Å². The number of rotatable bonds is 4. The SMILES string of the molecule is CNS(=O)(=O)c1ccc(CNC(=O)N2CCC(C)CC2)cc1. The number of sulfonamides is 1. The molecule has 1 fully saturated rings. The summed E-state index contributed by atoms with van der Waals surface area (Å²) >= 11 is 0. The van der Waals surface area contributed by atoms with Crippen molar-refractivity contribution in [1.82, 2.24) is 14.9 Å². The maximum Gasteiger partial charge on any atom is 0.317 e. The number of amides is 2. The molecule has 2 amide bonds. The third-order valence-corrected chi connectivity index (χ3v) is 5.45. The lowest BCUT2D eigenvalue weighted by Crippen LogP contribution is -2.43. The van der Waals surface area contributed by atoms with Gasteiger partial charge < -0.3 is 10.2 Å². The molecule has 2 rings (SSSR count). The standard InChI is InChI=1S/C15H23N3O3S/c1-12-7-9-18(10-8-12)15(19)17-11-13-3-5-14(6-4-13)22(20,21)16-2/h3-6,12,16H,7-11H2,1-2H3,(H,17,19). The van der Waals surface area contributed by atoms with E-state index in [-0.39, 0.29) is 10.9 Å². The molecule has 22 heavy (non-hydrogen) atoms. The predicted molar refractivity (Wildman–Crippen MR) is 84.9 cm³/mol. The van der Waals surface area contributed by atoms with Gasteiger partial charge in [-0.25, -0.2) is 17.9 Å². The van der Waals surface area contributed by atoms with Gasteiger partial charge in [0.05, 0.1) is 4.90 Å². The lowest BCUT2D eigenvalue weighted by Gasteiger charge is -2.30. The van der Waals surface area contributed by atoms with E-state index < -0.39 is 10.0 Å². The molecule has 0 spiro atoms. The monoisotopic (exact) mass is 325 g/mol. The van der Waals surface area contributed by atoms with E-state index in [1.165, 1.54) is 19.2 Å². The Morgan fingerprint density at radius 2 is 1.82 bits per heavy atom. The summed E-state index contributed by atoms with van der Waals surface area (Å²) in [5.74, 6) is 0.686. The fraction of sp³-hybridized carbons (Fsp3) is 0.533. The second-order valence-corrected chi connectivity index (χ2v) is 7.57. The number of hydrogen-bond acceptors (Lipinski definition) is 3. The van der Waals surface area contributed by atoms with Gasteiger partial charge in [-0.15, -0.1) is 0 Å². The summed E-state index contributed by atoms with van der Waals surface area (Å²) in [6.45, 7) is 4.19. The van der Waals surface area contributed by atoms with Gasteiger partial charge in [-0.05, 0) is 43.5 Å². The van der Waals surface area contributed by atoms with Crippen LogP contribution in [0.15, 0.2) is 29.2 Å². The van der Waals surface area contributed by atoms with Crippen molar-refractivity contribution in [2.45, 2.75) is 31.2 Å². The van der Waals surface area contributed by atoms with Gasteiger partial charge >= 0.3 is 6.03 Å². The summed E-state index contributed by atoms with van der Waals surface area (Å²) in [7, 11) is -2.04. The minimum atomic E-state index is -3.41. The molecule has 1 aromatic rings. The number of benzene rings is 1. The van der Waals surface area contributed by atoms with Crippen LogP contribution in [0.2, 0.25) is 0 Å². The molecule has 0 atom stereocenters. The Hall–Kier alpha value is -1.60. The second kappa shape index (κ2) is 7.11. The third kappa shape index (κ3) is 4.20. The second-order valence-electron chi connectivity index (χ2n) is 5.68. The Balaban J connectivity index is 1.88. The lowest BCUT2D eigenvalue weighted by molar-refractivity contribution is 0.173. The Morgan fingerprint density at radius 1 is 1.23 bits per heavy atom. The average Bonchev–Trinajstić information content (AvgIpc) is 2.53. The fourth-order valence-electron chi connectivity index (χ4n) is 2.41. The Bertz CT molecular complexity index is 605. The largest absolute Gasteiger partial charge is 0.334 e. The van der Waals surface area contributed by atoms with Crippen LogP contribution in [0.5, 0.6) is 0 Å². The molecule has 1 aromatic carbocycles. The molecule has 0 saturated carbocycles. The number of likely N-dealkylation sites (tertiary alicyclic amines) is 1. The highest BCUT2D eigenvalue weighted by molar-refractivity contribution is 7.89. The smallest absolute Gasteiger partial charge is 0.317 e. The minimum absolute atomic E-state index is 0.0566. The summed E-state index contributed by atoms with van der Waals surface area (Å²) in [4.78, 5) is 14.1. The van der Waals surface area contributed by atoms with Crippen molar-refractivity contribution in [2.75, 3.05) is 20.1 Å². The summed E-state index contributed by atoms with van der Waals surface area (Å²) in [6.07, 6.45) is 2.09. The molecule has 0 radical (unpaired) electrons. The molecule has 0 unspecified atom stereocenters. The quantitative estimate of drug-likeness (QED) is 0.881. The third-order valence-electron chi connectivity index (χ3n) is 4.02. The first-order chi connectivity index (χ1) is 10.4. The van der Waals surface area contributed by atoms with Crippen molar-refractivity contribution >= 4 is 16.1 Å². The van der Waals surface area contributed by atoms with Gasteiger partial charge in [0.15, 0.2) is 0 Å². The van der Waals surface area contributed by atoms with E-state index in [2.05, 4.69) is 17.0 Å². The van der Waals surface area contributed by atoms with Gasteiger partial charge in [-0.2, -0.15) is 0 Å².